The summed E-state index contributed by atoms with van der Waals surface area (Å²) >= 11 is 0. The minimum Gasteiger partial charge on any atom is -0.452 e. The summed E-state index contributed by atoms with van der Waals surface area (Å²) in [5, 5.41) is 12.5. The third kappa shape index (κ3) is 5.22. The van der Waals surface area contributed by atoms with Crippen LogP contribution in [0.5, 0.6) is 0 Å². The zero-order chi connectivity index (χ0) is 24.0. The van der Waals surface area contributed by atoms with Gasteiger partial charge in [0, 0.05) is 29.0 Å². The molecule has 0 aliphatic rings. The zero-order valence-electron chi connectivity index (χ0n) is 18.4. The SMILES string of the molecule is O=C(C=Cc1cn(-c2ccccc2)nc1-c1ccc(F)cc1)OCc1nnc(-c2ccccc2)o1. The van der Waals surface area contributed by atoms with E-state index in [2.05, 4.69) is 15.3 Å². The maximum absolute atomic E-state index is 13.4. The number of rotatable bonds is 7. The zero-order valence-corrected chi connectivity index (χ0v) is 18.4. The molecule has 5 aromatic rings. The van der Waals surface area contributed by atoms with Gasteiger partial charge in [-0.25, -0.2) is 13.9 Å². The molecule has 2 aromatic heterocycles. The van der Waals surface area contributed by atoms with Crippen LogP contribution in [0, 0.1) is 5.82 Å². The number of carbonyl (C=O) groups is 1. The molecule has 0 unspecified atom stereocenters. The van der Waals surface area contributed by atoms with Crippen molar-refractivity contribution in [2.24, 2.45) is 0 Å². The molecule has 0 aliphatic carbocycles. The van der Waals surface area contributed by atoms with E-state index in [9.17, 15) is 9.18 Å². The highest BCUT2D eigenvalue weighted by atomic mass is 19.1. The predicted octanol–water partition coefficient (Wildman–Crippen LogP) is 5.49. The Labute approximate surface area is 200 Å². The first kappa shape index (κ1) is 22.0. The fourth-order valence-corrected chi connectivity index (χ4v) is 3.40. The van der Waals surface area contributed by atoms with E-state index in [4.69, 9.17) is 9.15 Å². The maximum Gasteiger partial charge on any atom is 0.331 e. The Bertz CT molecular complexity index is 1460. The molecule has 0 spiro atoms. The normalized spacial score (nSPS) is 11.1. The molecule has 8 heteroatoms. The molecule has 0 bridgehead atoms. The largest absolute Gasteiger partial charge is 0.452 e. The molecule has 0 amide bonds. The highest BCUT2D eigenvalue weighted by Gasteiger charge is 2.13. The van der Waals surface area contributed by atoms with Crippen molar-refractivity contribution in [2.45, 2.75) is 6.61 Å². The third-order valence-electron chi connectivity index (χ3n) is 5.11. The Hall–Kier alpha value is -4.85. The van der Waals surface area contributed by atoms with Gasteiger partial charge in [-0.1, -0.05) is 36.4 Å². The maximum atomic E-state index is 13.4. The Balaban J connectivity index is 1.32. The van der Waals surface area contributed by atoms with Gasteiger partial charge in [0.1, 0.15) is 5.82 Å². The van der Waals surface area contributed by atoms with Crippen molar-refractivity contribution in [1.82, 2.24) is 20.0 Å². The molecule has 0 radical (unpaired) electrons. The highest BCUT2D eigenvalue weighted by molar-refractivity contribution is 5.88. The van der Waals surface area contributed by atoms with E-state index in [1.165, 1.54) is 18.2 Å². The Kier molecular flexibility index (Phi) is 6.25. The number of aromatic nitrogens is 4. The van der Waals surface area contributed by atoms with Gasteiger partial charge in [0.25, 0.3) is 5.89 Å². The Morgan fingerprint density at radius 3 is 2.37 bits per heavy atom. The number of nitrogens with zero attached hydrogens (tertiary/aromatic N) is 4. The molecule has 3 aromatic carbocycles. The summed E-state index contributed by atoms with van der Waals surface area (Å²) in [6, 6.07) is 24.9. The van der Waals surface area contributed by atoms with Gasteiger partial charge in [-0.05, 0) is 54.6 Å². The molecule has 0 fully saturated rings. The van der Waals surface area contributed by atoms with E-state index in [-0.39, 0.29) is 18.3 Å². The standard InChI is InChI=1S/C27H19FN4O3/c28-22-14-11-19(12-15-22)26-21(17-32(31-26)23-9-5-2-6-10-23)13-16-25(33)34-18-24-29-30-27(35-24)20-7-3-1-4-8-20/h1-17H,18H2. The summed E-state index contributed by atoms with van der Waals surface area (Å²) in [5.41, 5.74) is 3.61. The quantitative estimate of drug-likeness (QED) is 0.233. The van der Waals surface area contributed by atoms with Crippen LogP contribution in [0.4, 0.5) is 4.39 Å². The van der Waals surface area contributed by atoms with Crippen LogP contribution in [0.2, 0.25) is 0 Å². The number of hydrogen-bond donors (Lipinski definition) is 0. The van der Waals surface area contributed by atoms with Gasteiger partial charge in [0.05, 0.1) is 11.4 Å². The van der Waals surface area contributed by atoms with E-state index in [1.54, 1.807) is 29.1 Å². The van der Waals surface area contributed by atoms with Gasteiger partial charge in [-0.15, -0.1) is 10.2 Å². The van der Waals surface area contributed by atoms with E-state index >= 15 is 0 Å². The van der Waals surface area contributed by atoms with Gasteiger partial charge >= 0.3 is 5.97 Å². The van der Waals surface area contributed by atoms with E-state index in [0.717, 1.165) is 11.3 Å². The van der Waals surface area contributed by atoms with Gasteiger partial charge in [-0.3, -0.25) is 0 Å². The van der Waals surface area contributed by atoms with Gasteiger partial charge < -0.3 is 9.15 Å². The molecule has 0 saturated heterocycles. The summed E-state index contributed by atoms with van der Waals surface area (Å²) in [5.74, 6) is -0.380. The average Bonchev–Trinajstić information content (AvgIpc) is 3.55. The van der Waals surface area contributed by atoms with Crippen LogP contribution in [-0.4, -0.2) is 25.9 Å². The van der Waals surface area contributed by atoms with Gasteiger partial charge in [0.15, 0.2) is 6.61 Å². The van der Waals surface area contributed by atoms with Crippen molar-refractivity contribution in [3.8, 4) is 28.4 Å². The smallest absolute Gasteiger partial charge is 0.331 e. The van der Waals surface area contributed by atoms with Crippen LogP contribution < -0.4 is 0 Å². The molecule has 0 saturated carbocycles. The first-order valence-corrected chi connectivity index (χ1v) is 10.8. The number of carbonyl (C=O) groups excluding carboxylic acids is 1. The highest BCUT2D eigenvalue weighted by Crippen LogP contribution is 2.25. The first-order valence-electron chi connectivity index (χ1n) is 10.8. The second kappa shape index (κ2) is 9.96. The number of hydrogen-bond acceptors (Lipinski definition) is 6. The average molecular weight is 466 g/mol. The molecule has 5 rings (SSSR count). The first-order chi connectivity index (χ1) is 17.2. The van der Waals surface area contributed by atoms with Crippen molar-refractivity contribution in [1.29, 1.82) is 0 Å². The van der Waals surface area contributed by atoms with Crippen molar-refractivity contribution in [3.05, 3.63) is 114 Å². The van der Waals surface area contributed by atoms with E-state index < -0.39 is 5.97 Å². The molecule has 0 atom stereocenters. The van der Waals surface area contributed by atoms with E-state index in [1.807, 2.05) is 60.7 Å². The number of ether oxygens (including phenoxy) is 1. The molecule has 35 heavy (non-hydrogen) atoms. The minimum absolute atomic E-state index is 0.156. The van der Waals surface area contributed by atoms with Crippen LogP contribution in [-0.2, 0) is 16.1 Å². The van der Waals surface area contributed by atoms with Gasteiger partial charge in [0.2, 0.25) is 5.89 Å². The van der Waals surface area contributed by atoms with Crippen molar-refractivity contribution < 1.29 is 18.3 Å². The Morgan fingerprint density at radius 1 is 0.914 bits per heavy atom. The summed E-state index contributed by atoms with van der Waals surface area (Å²) < 4.78 is 25.9. The number of halogens is 1. The number of para-hydroxylation sites is 1. The van der Waals surface area contributed by atoms with Crippen LogP contribution in [0.3, 0.4) is 0 Å². The predicted molar refractivity (Wildman–Crippen MR) is 128 cm³/mol. The lowest BCUT2D eigenvalue weighted by Crippen LogP contribution is -2.01. The molecule has 2 heterocycles. The summed E-state index contributed by atoms with van der Waals surface area (Å²) in [6.45, 7) is -0.156. The topological polar surface area (TPSA) is 83.0 Å². The summed E-state index contributed by atoms with van der Waals surface area (Å²) in [6.07, 6.45) is 4.70. The Morgan fingerprint density at radius 2 is 1.63 bits per heavy atom. The van der Waals surface area contributed by atoms with Crippen LogP contribution >= 0.6 is 0 Å². The fraction of sp³-hybridized carbons (Fsp3) is 0.0370. The lowest BCUT2D eigenvalue weighted by atomic mass is 10.1. The van der Waals surface area contributed by atoms with Crippen LogP contribution in [0.25, 0.3) is 34.5 Å². The minimum atomic E-state index is -0.582. The fourth-order valence-electron chi connectivity index (χ4n) is 3.40. The number of benzene rings is 3. The lowest BCUT2D eigenvalue weighted by Gasteiger charge is -2.00. The van der Waals surface area contributed by atoms with E-state index in [0.29, 0.717) is 22.7 Å². The molecule has 0 N–H and O–H groups in total. The monoisotopic (exact) mass is 466 g/mol. The number of esters is 1. The van der Waals surface area contributed by atoms with Crippen LogP contribution in [0.1, 0.15) is 11.5 Å². The van der Waals surface area contributed by atoms with Crippen molar-refractivity contribution in [3.63, 3.8) is 0 Å². The molecule has 0 aliphatic heterocycles. The summed E-state index contributed by atoms with van der Waals surface area (Å²) in [7, 11) is 0. The van der Waals surface area contributed by atoms with Crippen molar-refractivity contribution in [2.75, 3.05) is 0 Å². The molecule has 172 valence electrons. The van der Waals surface area contributed by atoms with Gasteiger partial charge in [-0.2, -0.15) is 5.10 Å². The molecule has 7 nitrogen and oxygen atoms in total. The second-order valence-electron chi connectivity index (χ2n) is 7.53. The molecular weight excluding hydrogens is 447 g/mol. The second-order valence-corrected chi connectivity index (χ2v) is 7.53. The van der Waals surface area contributed by atoms with Crippen LogP contribution in [0.15, 0.2) is 102 Å². The third-order valence-corrected chi connectivity index (χ3v) is 5.11. The lowest BCUT2D eigenvalue weighted by molar-refractivity contribution is -0.139. The summed E-state index contributed by atoms with van der Waals surface area (Å²) in [4.78, 5) is 12.4. The van der Waals surface area contributed by atoms with Crippen molar-refractivity contribution >= 4 is 12.0 Å². The molecular formula is C27H19FN4O3.